The number of rotatable bonds is 2. The molecule has 0 aliphatic carbocycles. The number of hydrogen-bond donors (Lipinski definition) is 1. The van der Waals surface area contributed by atoms with E-state index in [2.05, 4.69) is 9.97 Å². The molecule has 138 valence electrons. The van der Waals surface area contributed by atoms with Crippen LogP contribution in [-0.4, -0.2) is 44.6 Å². The lowest BCUT2D eigenvalue weighted by Crippen LogP contribution is -2.37. The van der Waals surface area contributed by atoms with Crippen molar-refractivity contribution in [3.63, 3.8) is 0 Å². The van der Waals surface area contributed by atoms with Gasteiger partial charge in [0.1, 0.15) is 11.8 Å². The molecule has 27 heavy (non-hydrogen) atoms. The Balaban J connectivity index is 1.69. The zero-order valence-electron chi connectivity index (χ0n) is 14.9. The number of fused-ring (bicyclic) bond motifs is 2. The van der Waals surface area contributed by atoms with Crippen LogP contribution in [-0.2, 0) is 17.7 Å². The standard InChI is InChI=1S/C19H19N5O3/c1-2-27-19(26)23-7-6-13-12(10-23)8-21-9-14(13)18(25)24-11-22-17-15(20)4-3-5-16(17)24/h3-5,8-9,11H,2,6-7,10,20H2,1H3. The summed E-state index contributed by atoms with van der Waals surface area (Å²) in [6.07, 6.45) is 4.96. The second kappa shape index (κ2) is 6.71. The summed E-state index contributed by atoms with van der Waals surface area (Å²) in [6, 6.07) is 5.35. The molecule has 3 heterocycles. The molecule has 1 aliphatic rings. The van der Waals surface area contributed by atoms with Crippen LogP contribution in [0.2, 0.25) is 0 Å². The summed E-state index contributed by atoms with van der Waals surface area (Å²) < 4.78 is 6.55. The fourth-order valence-electron chi connectivity index (χ4n) is 3.40. The predicted octanol–water partition coefficient (Wildman–Crippen LogP) is 2.22. The van der Waals surface area contributed by atoms with Crippen molar-refractivity contribution in [1.82, 2.24) is 19.4 Å². The van der Waals surface area contributed by atoms with E-state index in [0.29, 0.717) is 48.4 Å². The Morgan fingerprint density at radius 1 is 1.30 bits per heavy atom. The molecule has 0 fully saturated rings. The molecule has 2 aromatic heterocycles. The number of ether oxygens (including phenoxy) is 1. The van der Waals surface area contributed by atoms with Crippen LogP contribution in [0.4, 0.5) is 10.5 Å². The zero-order chi connectivity index (χ0) is 19.0. The largest absolute Gasteiger partial charge is 0.450 e. The molecule has 0 atom stereocenters. The minimum Gasteiger partial charge on any atom is -0.450 e. The normalized spacial score (nSPS) is 13.4. The number of aromatic nitrogens is 3. The highest BCUT2D eigenvalue weighted by Crippen LogP contribution is 2.25. The van der Waals surface area contributed by atoms with Gasteiger partial charge in [-0.3, -0.25) is 14.3 Å². The Morgan fingerprint density at radius 3 is 2.96 bits per heavy atom. The van der Waals surface area contributed by atoms with E-state index in [4.69, 9.17) is 10.5 Å². The van der Waals surface area contributed by atoms with Gasteiger partial charge >= 0.3 is 6.09 Å². The number of carbonyl (C=O) groups is 2. The maximum absolute atomic E-state index is 13.2. The second-order valence-electron chi connectivity index (χ2n) is 6.33. The molecule has 8 heteroatoms. The summed E-state index contributed by atoms with van der Waals surface area (Å²) in [4.78, 5) is 35.2. The molecule has 8 nitrogen and oxygen atoms in total. The monoisotopic (exact) mass is 365 g/mol. The van der Waals surface area contributed by atoms with E-state index in [9.17, 15) is 9.59 Å². The summed E-state index contributed by atoms with van der Waals surface area (Å²) in [5.41, 5.74) is 9.98. The van der Waals surface area contributed by atoms with E-state index in [1.807, 2.05) is 6.07 Å². The van der Waals surface area contributed by atoms with E-state index in [1.54, 1.807) is 36.4 Å². The van der Waals surface area contributed by atoms with Crippen molar-refractivity contribution in [1.29, 1.82) is 0 Å². The minimum atomic E-state index is -0.351. The number of nitrogens with zero attached hydrogens (tertiary/aromatic N) is 4. The van der Waals surface area contributed by atoms with Gasteiger partial charge in [0.25, 0.3) is 5.91 Å². The lowest BCUT2D eigenvalue weighted by atomic mass is 9.97. The second-order valence-corrected chi connectivity index (χ2v) is 6.33. The fourth-order valence-corrected chi connectivity index (χ4v) is 3.40. The lowest BCUT2D eigenvalue weighted by Gasteiger charge is -2.28. The fraction of sp³-hybridized carbons (Fsp3) is 0.263. The first-order valence-corrected chi connectivity index (χ1v) is 8.73. The molecule has 0 saturated carbocycles. The van der Waals surface area contributed by atoms with Crippen LogP contribution in [0.15, 0.2) is 36.9 Å². The van der Waals surface area contributed by atoms with E-state index >= 15 is 0 Å². The topological polar surface area (TPSA) is 103 Å². The summed E-state index contributed by atoms with van der Waals surface area (Å²) in [7, 11) is 0. The van der Waals surface area contributed by atoms with E-state index in [-0.39, 0.29) is 12.0 Å². The number of imidazole rings is 1. The maximum atomic E-state index is 13.2. The number of hydrogen-bond acceptors (Lipinski definition) is 6. The Labute approximate surface area is 155 Å². The Bertz CT molecular complexity index is 1040. The van der Waals surface area contributed by atoms with Crippen LogP contribution in [0.5, 0.6) is 0 Å². The molecule has 0 saturated heterocycles. The average Bonchev–Trinajstić information content (AvgIpc) is 3.12. The van der Waals surface area contributed by atoms with Gasteiger partial charge in [-0.25, -0.2) is 9.78 Å². The number of nitrogen functional groups attached to an aromatic ring is 1. The highest BCUT2D eigenvalue weighted by atomic mass is 16.6. The van der Waals surface area contributed by atoms with Crippen LogP contribution in [0.1, 0.15) is 28.4 Å². The Hall–Kier alpha value is -3.42. The van der Waals surface area contributed by atoms with Crippen molar-refractivity contribution in [2.75, 3.05) is 18.9 Å². The quantitative estimate of drug-likeness (QED) is 0.699. The molecule has 0 bridgehead atoms. The maximum Gasteiger partial charge on any atom is 0.410 e. The van der Waals surface area contributed by atoms with Crippen LogP contribution in [0, 0.1) is 0 Å². The molecule has 1 aromatic carbocycles. The first-order chi connectivity index (χ1) is 13.1. The van der Waals surface area contributed by atoms with Gasteiger partial charge in [-0.2, -0.15) is 0 Å². The van der Waals surface area contributed by atoms with Crippen molar-refractivity contribution in [2.24, 2.45) is 0 Å². The summed E-state index contributed by atoms with van der Waals surface area (Å²) in [6.45, 7) is 2.97. The third-order valence-corrected chi connectivity index (χ3v) is 4.72. The molecule has 2 N–H and O–H groups in total. The number of carbonyl (C=O) groups excluding carboxylic acids is 2. The molecule has 1 aliphatic heterocycles. The number of amides is 1. The smallest absolute Gasteiger partial charge is 0.410 e. The number of benzene rings is 1. The highest BCUT2D eigenvalue weighted by Gasteiger charge is 2.26. The number of anilines is 1. The zero-order valence-corrected chi connectivity index (χ0v) is 14.9. The molecular weight excluding hydrogens is 346 g/mol. The highest BCUT2D eigenvalue weighted by molar-refractivity contribution is 6.03. The first-order valence-electron chi connectivity index (χ1n) is 8.73. The third-order valence-electron chi connectivity index (χ3n) is 4.72. The summed E-state index contributed by atoms with van der Waals surface area (Å²) in [5, 5.41) is 0. The molecule has 0 radical (unpaired) electrons. The van der Waals surface area contributed by atoms with Gasteiger partial charge in [-0.15, -0.1) is 0 Å². The molecule has 1 amide bonds. The number of para-hydroxylation sites is 1. The Kier molecular flexibility index (Phi) is 4.23. The molecule has 0 unspecified atom stereocenters. The van der Waals surface area contributed by atoms with Crippen LogP contribution in [0.3, 0.4) is 0 Å². The Morgan fingerprint density at radius 2 is 2.15 bits per heavy atom. The summed E-state index contributed by atoms with van der Waals surface area (Å²) in [5.74, 6) is -0.211. The van der Waals surface area contributed by atoms with Crippen LogP contribution in [0.25, 0.3) is 11.0 Å². The van der Waals surface area contributed by atoms with E-state index in [0.717, 1.165) is 11.1 Å². The van der Waals surface area contributed by atoms with E-state index in [1.165, 1.54) is 10.9 Å². The van der Waals surface area contributed by atoms with Gasteiger partial charge in [-0.1, -0.05) is 6.07 Å². The van der Waals surface area contributed by atoms with Crippen LogP contribution >= 0.6 is 0 Å². The third kappa shape index (κ3) is 2.88. The van der Waals surface area contributed by atoms with Crippen molar-refractivity contribution in [2.45, 2.75) is 19.9 Å². The van der Waals surface area contributed by atoms with Crippen molar-refractivity contribution >= 4 is 28.7 Å². The van der Waals surface area contributed by atoms with Crippen molar-refractivity contribution in [3.8, 4) is 0 Å². The molecule has 0 spiro atoms. The molecule has 3 aromatic rings. The van der Waals surface area contributed by atoms with Crippen molar-refractivity contribution < 1.29 is 14.3 Å². The average molecular weight is 365 g/mol. The molecule has 4 rings (SSSR count). The van der Waals surface area contributed by atoms with Crippen molar-refractivity contribution in [3.05, 3.63) is 53.6 Å². The SMILES string of the molecule is CCOC(=O)N1CCc2c(cncc2C(=O)n2cnc3c(N)cccc32)C1. The van der Waals surface area contributed by atoms with Crippen LogP contribution < -0.4 is 5.73 Å². The minimum absolute atomic E-state index is 0.211. The van der Waals surface area contributed by atoms with Gasteiger partial charge in [0.2, 0.25) is 0 Å². The number of pyridine rings is 1. The predicted molar refractivity (Wildman–Crippen MR) is 99.2 cm³/mol. The van der Waals surface area contributed by atoms with Gasteiger partial charge < -0.3 is 15.4 Å². The lowest BCUT2D eigenvalue weighted by molar-refractivity contribution is 0.0960. The van der Waals surface area contributed by atoms with E-state index < -0.39 is 0 Å². The van der Waals surface area contributed by atoms with Gasteiger partial charge in [-0.05, 0) is 36.6 Å². The van der Waals surface area contributed by atoms with Gasteiger partial charge in [0.05, 0.1) is 29.9 Å². The van der Waals surface area contributed by atoms with Gasteiger partial charge in [0, 0.05) is 18.9 Å². The van der Waals surface area contributed by atoms with Gasteiger partial charge in [0.15, 0.2) is 0 Å². The number of nitrogens with two attached hydrogens (primary N) is 1. The molecular formula is C19H19N5O3. The first kappa shape index (κ1) is 17.0. The summed E-state index contributed by atoms with van der Waals surface area (Å²) >= 11 is 0.